The van der Waals surface area contributed by atoms with Crippen molar-refractivity contribution in [3.8, 4) is 0 Å². The normalized spacial score (nSPS) is 12.2. The second-order valence-corrected chi connectivity index (χ2v) is 7.51. The van der Waals surface area contributed by atoms with E-state index in [0.29, 0.717) is 11.8 Å². The van der Waals surface area contributed by atoms with Gasteiger partial charge in [0.2, 0.25) is 0 Å². The molecule has 1 unspecified atom stereocenters. The minimum Gasteiger partial charge on any atom is -0.370 e. The minimum atomic E-state index is 0.519. The van der Waals surface area contributed by atoms with Crippen molar-refractivity contribution in [2.75, 3.05) is 29.9 Å². The van der Waals surface area contributed by atoms with Crippen LogP contribution in [0.3, 0.4) is 0 Å². The van der Waals surface area contributed by atoms with E-state index in [1.807, 2.05) is 19.2 Å². The summed E-state index contributed by atoms with van der Waals surface area (Å²) in [5, 5.41) is 3.37. The van der Waals surface area contributed by atoms with Crippen molar-refractivity contribution < 1.29 is 0 Å². The second-order valence-electron chi connectivity index (χ2n) is 7.51. The van der Waals surface area contributed by atoms with Gasteiger partial charge < -0.3 is 10.2 Å². The Hall–Kier alpha value is -2.10. The monoisotopic (exact) mass is 354 g/mol. The van der Waals surface area contributed by atoms with Crippen LogP contribution >= 0.6 is 0 Å². The number of hydrogen-bond acceptors (Lipinski definition) is 4. The van der Waals surface area contributed by atoms with Crippen LogP contribution in [0.25, 0.3) is 0 Å². The van der Waals surface area contributed by atoms with Gasteiger partial charge in [0.05, 0.1) is 0 Å². The molecule has 26 heavy (non-hydrogen) atoms. The van der Waals surface area contributed by atoms with Gasteiger partial charge in [-0.3, -0.25) is 0 Å². The highest BCUT2D eigenvalue weighted by Gasteiger charge is 2.10. The van der Waals surface area contributed by atoms with Gasteiger partial charge in [0.1, 0.15) is 11.6 Å². The average Bonchev–Trinajstić information content (AvgIpc) is 2.63. The molecule has 2 heterocycles. The first-order valence-electron chi connectivity index (χ1n) is 9.88. The number of aryl methyl sites for hydroxylation is 1. The van der Waals surface area contributed by atoms with Gasteiger partial charge in [0.15, 0.2) is 0 Å². The Balaban J connectivity index is 1.82. The minimum absolute atomic E-state index is 0.519. The van der Waals surface area contributed by atoms with E-state index < -0.39 is 0 Å². The van der Waals surface area contributed by atoms with E-state index >= 15 is 0 Å². The van der Waals surface area contributed by atoms with Crippen molar-refractivity contribution in [1.29, 1.82) is 0 Å². The summed E-state index contributed by atoms with van der Waals surface area (Å²) in [4.78, 5) is 11.6. The van der Waals surface area contributed by atoms with E-state index in [-0.39, 0.29) is 0 Å². The summed E-state index contributed by atoms with van der Waals surface area (Å²) in [6, 6.07) is 10.5. The average molecular weight is 355 g/mol. The number of anilines is 2. The van der Waals surface area contributed by atoms with Crippen LogP contribution in [0.15, 0.2) is 36.5 Å². The summed E-state index contributed by atoms with van der Waals surface area (Å²) in [5.41, 5.74) is 2.39. The van der Waals surface area contributed by atoms with Crippen LogP contribution in [0.1, 0.15) is 57.7 Å². The van der Waals surface area contributed by atoms with Gasteiger partial charge in [0, 0.05) is 31.5 Å². The summed E-state index contributed by atoms with van der Waals surface area (Å²) in [7, 11) is 0. The molecule has 0 aromatic carbocycles. The number of aromatic nitrogens is 2. The lowest BCUT2D eigenvalue weighted by Crippen LogP contribution is -2.25. The second kappa shape index (κ2) is 10.1. The first-order valence-corrected chi connectivity index (χ1v) is 9.88. The fraction of sp³-hybridized carbons (Fsp3) is 0.545. The van der Waals surface area contributed by atoms with E-state index in [1.165, 1.54) is 5.56 Å². The summed E-state index contributed by atoms with van der Waals surface area (Å²) >= 11 is 0. The lowest BCUT2D eigenvalue weighted by molar-refractivity contribution is 0.617. The van der Waals surface area contributed by atoms with Crippen LogP contribution in [0.4, 0.5) is 11.6 Å². The number of nitrogens with zero attached hydrogens (tertiary/aromatic N) is 3. The molecular weight excluding hydrogens is 320 g/mol. The molecule has 0 bridgehead atoms. The number of pyridine rings is 2. The largest absolute Gasteiger partial charge is 0.370 e. The first kappa shape index (κ1) is 20.2. The Morgan fingerprint density at radius 1 is 1.12 bits per heavy atom. The van der Waals surface area contributed by atoms with E-state index in [4.69, 9.17) is 0 Å². The van der Waals surface area contributed by atoms with Gasteiger partial charge in [-0.05, 0) is 62.3 Å². The molecule has 0 saturated heterocycles. The lowest BCUT2D eigenvalue weighted by Gasteiger charge is -2.23. The molecule has 2 aromatic heterocycles. The first-order chi connectivity index (χ1) is 12.5. The standard InChI is InChI=1S/C22H34N4/c1-6-26(22-11-7-10-19(5)25-22)14-8-9-18(4)20-12-13-21(24-16-20)23-15-17(2)3/h7,10-13,16-18H,6,8-9,14-15H2,1-5H3,(H,23,24). The van der Waals surface area contributed by atoms with E-state index in [1.54, 1.807) is 0 Å². The Labute approximate surface area is 159 Å². The van der Waals surface area contributed by atoms with E-state index in [9.17, 15) is 0 Å². The van der Waals surface area contributed by atoms with Gasteiger partial charge in [0.25, 0.3) is 0 Å². The Bertz CT molecular complexity index is 651. The van der Waals surface area contributed by atoms with E-state index in [0.717, 1.165) is 49.8 Å². The highest BCUT2D eigenvalue weighted by Crippen LogP contribution is 2.22. The molecule has 0 aliphatic carbocycles. The number of rotatable bonds is 10. The van der Waals surface area contributed by atoms with Crippen LogP contribution < -0.4 is 10.2 Å². The van der Waals surface area contributed by atoms with Crippen molar-refractivity contribution >= 4 is 11.6 Å². The zero-order chi connectivity index (χ0) is 18.9. The SMILES string of the molecule is CCN(CCCC(C)c1ccc(NCC(C)C)nc1)c1cccc(C)n1. The van der Waals surface area contributed by atoms with Gasteiger partial charge in [-0.1, -0.05) is 32.9 Å². The van der Waals surface area contributed by atoms with Crippen LogP contribution in [-0.2, 0) is 0 Å². The van der Waals surface area contributed by atoms with Crippen molar-refractivity contribution in [3.05, 3.63) is 47.8 Å². The third kappa shape index (κ3) is 6.32. The molecule has 4 heteroatoms. The summed E-state index contributed by atoms with van der Waals surface area (Å²) in [6.07, 6.45) is 4.33. The van der Waals surface area contributed by atoms with Gasteiger partial charge >= 0.3 is 0 Å². The molecule has 0 spiro atoms. The quantitative estimate of drug-likeness (QED) is 0.631. The third-order valence-electron chi connectivity index (χ3n) is 4.69. The van der Waals surface area contributed by atoms with Crippen molar-refractivity contribution in [2.45, 2.75) is 53.4 Å². The maximum Gasteiger partial charge on any atom is 0.128 e. The molecule has 0 saturated carbocycles. The Morgan fingerprint density at radius 2 is 1.92 bits per heavy atom. The Morgan fingerprint density at radius 3 is 2.54 bits per heavy atom. The lowest BCUT2D eigenvalue weighted by atomic mass is 9.97. The molecule has 4 nitrogen and oxygen atoms in total. The van der Waals surface area contributed by atoms with Gasteiger partial charge in [-0.25, -0.2) is 9.97 Å². The van der Waals surface area contributed by atoms with Crippen LogP contribution in [0, 0.1) is 12.8 Å². The zero-order valence-corrected chi connectivity index (χ0v) is 17.0. The predicted octanol–water partition coefficient (Wildman–Crippen LogP) is 5.26. The molecule has 0 fully saturated rings. The highest BCUT2D eigenvalue weighted by molar-refractivity contribution is 5.39. The zero-order valence-electron chi connectivity index (χ0n) is 17.0. The summed E-state index contributed by atoms with van der Waals surface area (Å²) in [5.74, 6) is 3.20. The van der Waals surface area contributed by atoms with Crippen molar-refractivity contribution in [2.24, 2.45) is 5.92 Å². The van der Waals surface area contributed by atoms with E-state index in [2.05, 4.69) is 72.1 Å². The topological polar surface area (TPSA) is 41.0 Å². The van der Waals surface area contributed by atoms with Gasteiger partial charge in [-0.2, -0.15) is 0 Å². The van der Waals surface area contributed by atoms with Crippen LogP contribution in [0.2, 0.25) is 0 Å². The fourth-order valence-electron chi connectivity index (χ4n) is 3.00. The van der Waals surface area contributed by atoms with Crippen molar-refractivity contribution in [1.82, 2.24) is 9.97 Å². The number of nitrogens with one attached hydrogen (secondary N) is 1. The van der Waals surface area contributed by atoms with Gasteiger partial charge in [-0.15, -0.1) is 0 Å². The molecule has 0 aliphatic heterocycles. The molecule has 2 rings (SSSR count). The third-order valence-corrected chi connectivity index (χ3v) is 4.69. The molecule has 0 aliphatic rings. The molecule has 1 N–H and O–H groups in total. The maximum absolute atomic E-state index is 4.65. The molecule has 142 valence electrons. The fourth-order valence-corrected chi connectivity index (χ4v) is 3.00. The molecule has 0 amide bonds. The molecule has 2 aromatic rings. The molecule has 1 atom stereocenters. The highest BCUT2D eigenvalue weighted by atomic mass is 15.2. The maximum atomic E-state index is 4.65. The summed E-state index contributed by atoms with van der Waals surface area (Å²) in [6.45, 7) is 13.9. The summed E-state index contributed by atoms with van der Waals surface area (Å²) < 4.78 is 0. The molecular formula is C22H34N4. The van der Waals surface area contributed by atoms with Crippen molar-refractivity contribution in [3.63, 3.8) is 0 Å². The van der Waals surface area contributed by atoms with Crippen LogP contribution in [-0.4, -0.2) is 29.6 Å². The number of hydrogen-bond donors (Lipinski definition) is 1. The predicted molar refractivity (Wildman–Crippen MR) is 112 cm³/mol. The smallest absolute Gasteiger partial charge is 0.128 e. The Kier molecular flexibility index (Phi) is 7.89. The van der Waals surface area contributed by atoms with Crippen LogP contribution in [0.5, 0.6) is 0 Å². The molecule has 0 radical (unpaired) electrons.